The number of aryl methyl sites for hydroxylation is 2. The van der Waals surface area contributed by atoms with Crippen molar-refractivity contribution in [2.45, 2.75) is 23.6 Å². The zero-order valence-corrected chi connectivity index (χ0v) is 15.1. The third-order valence-electron chi connectivity index (χ3n) is 3.41. The number of ether oxygens (including phenoxy) is 1. The van der Waals surface area contributed by atoms with Crippen LogP contribution in [0.15, 0.2) is 46.2 Å². The van der Waals surface area contributed by atoms with Gasteiger partial charge < -0.3 is 4.74 Å². The predicted octanol–water partition coefficient (Wildman–Crippen LogP) is 0.400. The Kier molecular flexibility index (Phi) is 5.46. The maximum atomic E-state index is 11.8. The fraction of sp³-hybridized carbons (Fsp3) is 0.143. The number of hydrogen-bond donors (Lipinski definition) is 4. The van der Waals surface area contributed by atoms with Crippen LogP contribution in [0.4, 0.5) is 0 Å². The van der Waals surface area contributed by atoms with Crippen molar-refractivity contribution in [2.24, 2.45) is 11.7 Å². The van der Waals surface area contributed by atoms with E-state index >= 15 is 0 Å². The van der Waals surface area contributed by atoms with Gasteiger partial charge in [0.15, 0.2) is 0 Å². The van der Waals surface area contributed by atoms with E-state index in [4.69, 9.17) is 16.4 Å². The summed E-state index contributed by atoms with van der Waals surface area (Å²) in [5.74, 6) is 10.8. The Hall–Kier alpha value is -2.02. The molecule has 0 saturated heterocycles. The number of benzene rings is 2. The average molecular weight is 386 g/mol. The van der Waals surface area contributed by atoms with Crippen molar-refractivity contribution in [2.75, 3.05) is 0 Å². The van der Waals surface area contributed by atoms with E-state index in [0.717, 1.165) is 0 Å². The van der Waals surface area contributed by atoms with Crippen molar-refractivity contribution in [3.05, 3.63) is 47.5 Å². The molecule has 0 unspecified atom stereocenters. The first kappa shape index (κ1) is 19.3. The molecule has 0 heterocycles. The van der Waals surface area contributed by atoms with Crippen LogP contribution >= 0.6 is 0 Å². The molecule has 25 heavy (non-hydrogen) atoms. The van der Waals surface area contributed by atoms with Gasteiger partial charge in [-0.1, -0.05) is 0 Å². The lowest BCUT2D eigenvalue weighted by Crippen LogP contribution is -2.30. The van der Waals surface area contributed by atoms with Crippen molar-refractivity contribution in [1.29, 1.82) is 0 Å². The minimum Gasteiger partial charge on any atom is -0.457 e. The van der Waals surface area contributed by atoms with Crippen LogP contribution in [0.25, 0.3) is 0 Å². The van der Waals surface area contributed by atoms with Crippen LogP contribution in [0.5, 0.6) is 11.5 Å². The fourth-order valence-electron chi connectivity index (χ4n) is 2.17. The van der Waals surface area contributed by atoms with E-state index in [1.165, 1.54) is 36.4 Å². The van der Waals surface area contributed by atoms with Gasteiger partial charge in [0.05, 0.1) is 9.79 Å². The van der Waals surface area contributed by atoms with Gasteiger partial charge in [-0.05, 0) is 61.4 Å². The van der Waals surface area contributed by atoms with Gasteiger partial charge in [-0.15, -0.1) is 0 Å². The summed E-state index contributed by atoms with van der Waals surface area (Å²) in [6.07, 6.45) is 0. The van der Waals surface area contributed by atoms with E-state index < -0.39 is 20.0 Å². The summed E-state index contributed by atoms with van der Waals surface area (Å²) in [4.78, 5) is 3.51. The molecule has 0 aliphatic carbocycles. The number of hydrogen-bond acceptors (Lipinski definition) is 7. The maximum Gasteiger partial charge on any atom is 0.253 e. The Morgan fingerprint density at radius 1 is 0.800 bits per heavy atom. The molecule has 0 aromatic heterocycles. The average Bonchev–Trinajstić information content (AvgIpc) is 2.58. The first-order chi connectivity index (χ1) is 11.6. The Morgan fingerprint density at radius 2 is 1.24 bits per heavy atom. The third-order valence-corrected chi connectivity index (χ3v) is 5.78. The van der Waals surface area contributed by atoms with Crippen molar-refractivity contribution in [3.8, 4) is 11.5 Å². The van der Waals surface area contributed by atoms with E-state index in [0.29, 0.717) is 22.6 Å². The second-order valence-electron chi connectivity index (χ2n) is 5.20. The van der Waals surface area contributed by atoms with Crippen LogP contribution in [0.3, 0.4) is 0 Å². The summed E-state index contributed by atoms with van der Waals surface area (Å²) in [6.45, 7) is 3.38. The highest BCUT2D eigenvalue weighted by molar-refractivity contribution is 7.89. The smallest absolute Gasteiger partial charge is 0.253 e. The molecule has 9 nitrogen and oxygen atoms in total. The highest BCUT2D eigenvalue weighted by Gasteiger charge is 2.17. The molecule has 6 N–H and O–H groups in total. The van der Waals surface area contributed by atoms with Crippen LogP contribution in [0.2, 0.25) is 0 Å². The maximum absolute atomic E-state index is 11.8. The van der Waals surface area contributed by atoms with Gasteiger partial charge in [-0.3, -0.25) is 11.7 Å². The molecule has 11 heteroatoms. The topological polar surface area (TPSA) is 154 Å². The highest BCUT2D eigenvalue weighted by Crippen LogP contribution is 2.31. The molecular formula is C14H18N4O5S2. The van der Waals surface area contributed by atoms with Crippen LogP contribution in [-0.2, 0) is 20.0 Å². The van der Waals surface area contributed by atoms with Crippen LogP contribution < -0.4 is 26.1 Å². The molecule has 0 fully saturated rings. The summed E-state index contributed by atoms with van der Waals surface area (Å²) in [6, 6.07) is 8.46. The second kappa shape index (κ2) is 7.07. The van der Waals surface area contributed by atoms with Crippen LogP contribution in [0.1, 0.15) is 11.1 Å². The molecule has 136 valence electrons. The summed E-state index contributed by atoms with van der Waals surface area (Å²) >= 11 is 0. The van der Waals surface area contributed by atoms with Crippen molar-refractivity contribution < 1.29 is 21.6 Å². The number of rotatable bonds is 6. The van der Waals surface area contributed by atoms with Gasteiger partial charge in [-0.25, -0.2) is 16.8 Å². The summed E-state index contributed by atoms with van der Waals surface area (Å²) < 4.78 is 52.5. The lowest BCUT2D eigenvalue weighted by molar-refractivity contribution is 0.474. The largest absolute Gasteiger partial charge is 0.457 e. The van der Waals surface area contributed by atoms with E-state index in [2.05, 4.69) is 0 Å². The lowest BCUT2D eigenvalue weighted by atomic mass is 10.1. The number of nitrogens with one attached hydrogen (secondary N) is 2. The summed E-state index contributed by atoms with van der Waals surface area (Å²) in [7, 11) is -7.51. The van der Waals surface area contributed by atoms with Crippen LogP contribution in [-0.4, -0.2) is 16.8 Å². The molecule has 0 saturated carbocycles. The van der Waals surface area contributed by atoms with E-state index in [1.807, 2.05) is 0 Å². The molecule has 2 rings (SSSR count). The molecule has 2 aromatic rings. The lowest BCUT2D eigenvalue weighted by Gasteiger charge is -2.14. The molecule has 0 aliphatic heterocycles. The van der Waals surface area contributed by atoms with Gasteiger partial charge in [0, 0.05) is 0 Å². The van der Waals surface area contributed by atoms with Gasteiger partial charge in [0.25, 0.3) is 20.0 Å². The molecular weight excluding hydrogens is 368 g/mol. The van der Waals surface area contributed by atoms with Crippen molar-refractivity contribution in [3.63, 3.8) is 0 Å². The van der Waals surface area contributed by atoms with Gasteiger partial charge in [-0.2, -0.15) is 9.66 Å². The van der Waals surface area contributed by atoms with E-state index in [-0.39, 0.29) is 9.79 Å². The third kappa shape index (κ3) is 4.15. The van der Waals surface area contributed by atoms with Crippen LogP contribution in [0, 0.1) is 13.8 Å². The Balaban J connectivity index is 2.35. The normalized spacial score (nSPS) is 12.2. The van der Waals surface area contributed by atoms with Crippen molar-refractivity contribution in [1.82, 2.24) is 9.66 Å². The Bertz CT molecular complexity index is 963. The van der Waals surface area contributed by atoms with Gasteiger partial charge >= 0.3 is 0 Å². The minimum absolute atomic E-state index is 0.00810. The molecule has 0 spiro atoms. The number of sulfonamides is 2. The van der Waals surface area contributed by atoms with E-state index in [1.54, 1.807) is 23.5 Å². The number of hydrazine groups is 2. The minimum atomic E-state index is -3.77. The first-order valence-electron chi connectivity index (χ1n) is 6.94. The highest BCUT2D eigenvalue weighted by atomic mass is 32.2. The molecule has 0 amide bonds. The zero-order valence-electron chi connectivity index (χ0n) is 13.5. The number of nitrogens with two attached hydrogens (primary N) is 2. The Morgan fingerprint density at radius 3 is 1.68 bits per heavy atom. The summed E-state index contributed by atoms with van der Waals surface area (Å²) in [5.41, 5.74) is 1.16. The fourth-order valence-corrected chi connectivity index (χ4v) is 3.60. The molecule has 0 bridgehead atoms. The predicted molar refractivity (Wildman–Crippen MR) is 91.4 cm³/mol. The molecule has 0 radical (unpaired) electrons. The standard InChI is InChI=1S/C14H18N4O5S2/c1-9-7-13(25(21,22)18-16)8-10(2)14(9)23-11-3-5-12(6-4-11)24(19,20)17-15/h3-8,17-18H,15-16H2,1-2H3. The molecule has 2 aromatic carbocycles. The molecule has 0 aliphatic rings. The Labute approximate surface area is 146 Å². The van der Waals surface area contributed by atoms with Gasteiger partial charge in [0.2, 0.25) is 0 Å². The quantitative estimate of drug-likeness (QED) is 0.414. The summed E-state index contributed by atoms with van der Waals surface area (Å²) in [5, 5.41) is 0. The first-order valence-corrected chi connectivity index (χ1v) is 9.91. The zero-order chi connectivity index (χ0) is 18.8. The second-order valence-corrected chi connectivity index (χ2v) is 8.63. The van der Waals surface area contributed by atoms with Gasteiger partial charge in [0.1, 0.15) is 11.5 Å². The SMILES string of the molecule is Cc1cc(S(=O)(=O)NN)cc(C)c1Oc1ccc(S(=O)(=O)NN)cc1. The van der Waals surface area contributed by atoms with Crippen molar-refractivity contribution >= 4 is 20.0 Å². The van der Waals surface area contributed by atoms with E-state index in [9.17, 15) is 16.8 Å². The monoisotopic (exact) mass is 386 g/mol. The molecule has 0 atom stereocenters.